The van der Waals surface area contributed by atoms with Crippen LogP contribution in [-0.4, -0.2) is 25.8 Å². The van der Waals surface area contributed by atoms with Crippen molar-refractivity contribution in [3.8, 4) is 0 Å². The number of hydrogen-bond acceptors (Lipinski definition) is 5. The predicted octanol–water partition coefficient (Wildman–Crippen LogP) is 5.24. The fourth-order valence-electron chi connectivity index (χ4n) is 3.44. The molecule has 0 spiro atoms. The fraction of sp³-hybridized carbons (Fsp3) is 0.0909. The van der Waals surface area contributed by atoms with Gasteiger partial charge in [0.25, 0.3) is 0 Å². The van der Waals surface area contributed by atoms with E-state index in [1.54, 1.807) is 23.7 Å². The van der Waals surface area contributed by atoms with Gasteiger partial charge in [0.15, 0.2) is 5.11 Å². The highest BCUT2D eigenvalue weighted by molar-refractivity contribution is 7.80. The van der Waals surface area contributed by atoms with E-state index in [0.29, 0.717) is 5.11 Å². The molecule has 3 heterocycles. The van der Waals surface area contributed by atoms with Crippen LogP contribution in [0, 0.1) is 0 Å². The molecule has 0 amide bonds. The number of nitrogens with zero attached hydrogens (tertiary/aromatic N) is 4. The van der Waals surface area contributed by atoms with Gasteiger partial charge in [-0.2, -0.15) is 5.10 Å². The third-order valence-corrected chi connectivity index (χ3v) is 6.04. The lowest BCUT2D eigenvalue weighted by atomic mass is 10.0. The number of thiophene rings is 1. The van der Waals surface area contributed by atoms with Crippen LogP contribution >= 0.6 is 23.6 Å². The van der Waals surface area contributed by atoms with Crippen LogP contribution in [0.2, 0.25) is 0 Å². The minimum absolute atomic E-state index is 0.00205. The predicted molar refractivity (Wildman–Crippen MR) is 122 cm³/mol. The first-order valence-electron chi connectivity index (χ1n) is 9.25. The lowest BCUT2D eigenvalue weighted by molar-refractivity contribution is 0.376. The largest absolute Gasteiger partial charge is 0.331 e. The fourth-order valence-corrected chi connectivity index (χ4v) is 4.45. The molecule has 1 N–H and O–H groups in total. The normalized spacial score (nSPS) is 16.1. The Hall–Kier alpha value is -3.16. The number of rotatable bonds is 3. The zero-order valence-electron chi connectivity index (χ0n) is 15.4. The number of fused-ring (bicyclic) bond motifs is 1. The first kappa shape index (κ1) is 17.9. The van der Waals surface area contributed by atoms with E-state index in [0.717, 1.165) is 34.4 Å². The molecule has 1 atom stereocenters. The maximum absolute atomic E-state index is 5.73. The number of aromatic nitrogens is 2. The lowest BCUT2D eigenvalue weighted by Gasteiger charge is -2.25. The van der Waals surface area contributed by atoms with Crippen molar-refractivity contribution in [3.05, 3.63) is 88.9 Å². The summed E-state index contributed by atoms with van der Waals surface area (Å²) in [6, 6.07) is 20.3. The minimum Gasteiger partial charge on any atom is -0.331 e. The molecule has 5 rings (SSSR count). The van der Waals surface area contributed by atoms with Gasteiger partial charge in [0, 0.05) is 24.5 Å². The SMILES string of the molecule is S=C(Nc1ccccc1)N1N=C(c2cccs2)C[C@H]1c1ccc2nccnc2c1. The van der Waals surface area contributed by atoms with Gasteiger partial charge in [-0.15, -0.1) is 11.3 Å². The monoisotopic (exact) mass is 415 g/mol. The van der Waals surface area contributed by atoms with Crippen LogP contribution in [0.25, 0.3) is 11.0 Å². The van der Waals surface area contributed by atoms with E-state index in [9.17, 15) is 0 Å². The van der Waals surface area contributed by atoms with Crippen LogP contribution in [0.5, 0.6) is 0 Å². The van der Waals surface area contributed by atoms with Crippen molar-refractivity contribution in [1.82, 2.24) is 15.0 Å². The third-order valence-electron chi connectivity index (χ3n) is 4.83. The number of thiocarbonyl (C=S) groups is 1. The highest BCUT2D eigenvalue weighted by Gasteiger charge is 2.32. The smallest absolute Gasteiger partial charge is 0.194 e. The molecule has 2 aromatic carbocycles. The van der Waals surface area contributed by atoms with Crippen molar-refractivity contribution in [2.75, 3.05) is 5.32 Å². The third kappa shape index (κ3) is 3.62. The Labute approximate surface area is 177 Å². The summed E-state index contributed by atoms with van der Waals surface area (Å²) in [6.07, 6.45) is 4.21. The number of benzene rings is 2. The van der Waals surface area contributed by atoms with Crippen molar-refractivity contribution in [1.29, 1.82) is 0 Å². The summed E-state index contributed by atoms with van der Waals surface area (Å²) in [7, 11) is 0. The van der Waals surface area contributed by atoms with Gasteiger partial charge < -0.3 is 5.32 Å². The molecule has 1 aliphatic rings. The van der Waals surface area contributed by atoms with Crippen molar-refractivity contribution in [2.45, 2.75) is 12.5 Å². The summed E-state index contributed by atoms with van der Waals surface area (Å²) < 4.78 is 0. The number of anilines is 1. The maximum Gasteiger partial charge on any atom is 0.194 e. The number of nitrogens with one attached hydrogen (secondary N) is 1. The second-order valence-electron chi connectivity index (χ2n) is 6.69. The zero-order valence-corrected chi connectivity index (χ0v) is 17.0. The van der Waals surface area contributed by atoms with Gasteiger partial charge in [-0.05, 0) is 53.5 Å². The van der Waals surface area contributed by atoms with Crippen LogP contribution in [0.4, 0.5) is 5.69 Å². The molecule has 1 aliphatic heterocycles. The molecule has 7 heteroatoms. The van der Waals surface area contributed by atoms with Gasteiger partial charge in [0.05, 0.1) is 27.7 Å². The van der Waals surface area contributed by atoms with Crippen LogP contribution < -0.4 is 5.32 Å². The Morgan fingerprint density at radius 2 is 1.83 bits per heavy atom. The van der Waals surface area contributed by atoms with Crippen LogP contribution in [0.3, 0.4) is 0 Å². The molecule has 142 valence electrons. The molecule has 2 aromatic heterocycles. The van der Waals surface area contributed by atoms with Crippen molar-refractivity contribution < 1.29 is 0 Å². The molecule has 0 bridgehead atoms. The van der Waals surface area contributed by atoms with Crippen molar-refractivity contribution in [2.24, 2.45) is 5.10 Å². The second kappa shape index (κ2) is 7.69. The summed E-state index contributed by atoms with van der Waals surface area (Å²) in [6.45, 7) is 0. The Kier molecular flexibility index (Phi) is 4.75. The first-order valence-corrected chi connectivity index (χ1v) is 10.5. The molecule has 0 fully saturated rings. The van der Waals surface area contributed by atoms with Crippen LogP contribution in [0.1, 0.15) is 22.9 Å². The molecular formula is C22H17N5S2. The van der Waals surface area contributed by atoms with Gasteiger partial charge in [-0.25, -0.2) is 5.01 Å². The van der Waals surface area contributed by atoms with Crippen LogP contribution in [-0.2, 0) is 0 Å². The molecule has 0 radical (unpaired) electrons. The Morgan fingerprint density at radius 1 is 1.00 bits per heavy atom. The van der Waals surface area contributed by atoms with Crippen molar-refractivity contribution in [3.63, 3.8) is 0 Å². The summed E-state index contributed by atoms with van der Waals surface area (Å²) in [5.41, 5.74) is 4.86. The molecule has 0 unspecified atom stereocenters. The standard InChI is InChI=1S/C22H17N5S2/c28-22(25-16-5-2-1-3-6-16)27-20(14-19(26-27)21-7-4-12-29-21)15-8-9-17-18(13-15)24-11-10-23-17/h1-13,20H,14H2,(H,25,28)/t20-/m0/s1. The molecule has 4 aromatic rings. The summed E-state index contributed by atoms with van der Waals surface area (Å²) in [4.78, 5) is 10.00. The van der Waals surface area contributed by atoms with Gasteiger partial charge in [-0.1, -0.05) is 30.3 Å². The van der Waals surface area contributed by atoms with E-state index in [1.165, 1.54) is 4.88 Å². The van der Waals surface area contributed by atoms with E-state index in [2.05, 4.69) is 38.9 Å². The lowest BCUT2D eigenvalue weighted by Crippen LogP contribution is -2.31. The maximum atomic E-state index is 5.73. The van der Waals surface area contributed by atoms with E-state index in [4.69, 9.17) is 17.3 Å². The van der Waals surface area contributed by atoms with Crippen molar-refractivity contribution >= 4 is 51.1 Å². The summed E-state index contributed by atoms with van der Waals surface area (Å²) >= 11 is 7.43. The number of hydrazone groups is 1. The quantitative estimate of drug-likeness (QED) is 0.464. The van der Waals surface area contributed by atoms with E-state index in [1.807, 2.05) is 47.5 Å². The highest BCUT2D eigenvalue weighted by atomic mass is 32.1. The zero-order chi connectivity index (χ0) is 19.6. The van der Waals surface area contributed by atoms with E-state index in [-0.39, 0.29) is 6.04 Å². The minimum atomic E-state index is 0.00205. The summed E-state index contributed by atoms with van der Waals surface area (Å²) in [5.74, 6) is 0. The van der Waals surface area contributed by atoms with E-state index >= 15 is 0 Å². The molecule has 0 saturated carbocycles. The van der Waals surface area contributed by atoms with Gasteiger partial charge >= 0.3 is 0 Å². The average Bonchev–Trinajstić information content (AvgIpc) is 3.44. The van der Waals surface area contributed by atoms with E-state index < -0.39 is 0 Å². The Morgan fingerprint density at radius 3 is 2.62 bits per heavy atom. The molecule has 5 nitrogen and oxygen atoms in total. The van der Waals surface area contributed by atoms with Gasteiger partial charge in [-0.3, -0.25) is 9.97 Å². The van der Waals surface area contributed by atoms with Crippen LogP contribution in [0.15, 0.2) is 83.5 Å². The summed E-state index contributed by atoms with van der Waals surface area (Å²) in [5, 5.41) is 12.8. The molecular weight excluding hydrogens is 398 g/mol. The highest BCUT2D eigenvalue weighted by Crippen LogP contribution is 2.35. The second-order valence-corrected chi connectivity index (χ2v) is 8.02. The average molecular weight is 416 g/mol. The number of para-hydroxylation sites is 1. The molecule has 29 heavy (non-hydrogen) atoms. The van der Waals surface area contributed by atoms with Gasteiger partial charge in [0.2, 0.25) is 0 Å². The molecule has 0 aliphatic carbocycles. The first-order chi connectivity index (χ1) is 14.3. The Balaban J connectivity index is 1.50. The number of hydrogen-bond donors (Lipinski definition) is 1. The van der Waals surface area contributed by atoms with Gasteiger partial charge in [0.1, 0.15) is 0 Å². The Bertz CT molecular complexity index is 1190. The molecule has 0 saturated heterocycles. The topological polar surface area (TPSA) is 53.4 Å².